The Morgan fingerprint density at radius 2 is 1.33 bits per heavy atom. The average molecular weight is 632 g/mol. The molecule has 0 amide bonds. The van der Waals surface area contributed by atoms with Gasteiger partial charge in [-0.15, -0.1) is 0 Å². The number of sulfonamides is 2. The second kappa shape index (κ2) is 15.5. The molecule has 0 spiro atoms. The highest BCUT2D eigenvalue weighted by atomic mass is 35.5. The number of benzene rings is 3. The summed E-state index contributed by atoms with van der Waals surface area (Å²) in [6, 6.07) is 22.4. The number of rotatable bonds is 16. The van der Waals surface area contributed by atoms with Crippen LogP contribution in [0.2, 0.25) is 5.02 Å². The highest BCUT2D eigenvalue weighted by Crippen LogP contribution is 2.31. The topological polar surface area (TPSA) is 86.8 Å². The molecule has 1 aliphatic rings. The Kier molecular flexibility index (Phi) is 12.0. The zero-order chi connectivity index (χ0) is 30.0. The fourth-order valence-corrected chi connectivity index (χ4v) is 8.62. The lowest BCUT2D eigenvalue weighted by atomic mass is 10.2. The van der Waals surface area contributed by atoms with Gasteiger partial charge in [-0.2, -0.15) is 8.61 Å². The zero-order valence-electron chi connectivity index (χ0n) is 24.3. The van der Waals surface area contributed by atoms with Gasteiger partial charge in [0.2, 0.25) is 20.0 Å². The van der Waals surface area contributed by atoms with E-state index in [9.17, 15) is 16.8 Å². The number of hydrogen-bond donors (Lipinski definition) is 1. The Morgan fingerprint density at radius 3 is 1.95 bits per heavy atom. The average Bonchev–Trinajstić information content (AvgIpc) is 3.53. The maximum Gasteiger partial charge on any atom is 0.243 e. The molecule has 42 heavy (non-hydrogen) atoms. The van der Waals surface area contributed by atoms with Gasteiger partial charge in [-0.3, -0.25) is 0 Å². The van der Waals surface area contributed by atoms with E-state index >= 15 is 0 Å². The largest absolute Gasteiger partial charge is 0.317 e. The number of unbranched alkanes of at least 4 members (excludes halogenated alkanes) is 1. The third kappa shape index (κ3) is 8.65. The van der Waals surface area contributed by atoms with Gasteiger partial charge in [0, 0.05) is 30.7 Å². The fourth-order valence-electron chi connectivity index (χ4n) is 5.35. The molecule has 3 aromatic carbocycles. The molecule has 0 aliphatic heterocycles. The van der Waals surface area contributed by atoms with Crippen LogP contribution in [0.15, 0.2) is 88.7 Å². The molecule has 3 aromatic rings. The maximum absolute atomic E-state index is 13.9. The zero-order valence-corrected chi connectivity index (χ0v) is 26.7. The summed E-state index contributed by atoms with van der Waals surface area (Å²) in [5.74, 6) is 0. The maximum atomic E-state index is 13.9. The predicted octanol–water partition coefficient (Wildman–Crippen LogP) is 6.44. The van der Waals surface area contributed by atoms with E-state index in [0.717, 1.165) is 69.2 Å². The summed E-state index contributed by atoms with van der Waals surface area (Å²) in [5, 5.41) is 3.96. The first-order valence-corrected chi connectivity index (χ1v) is 18.1. The summed E-state index contributed by atoms with van der Waals surface area (Å²) < 4.78 is 58.5. The highest BCUT2D eigenvalue weighted by molar-refractivity contribution is 7.89. The molecule has 0 unspecified atom stereocenters. The van der Waals surface area contributed by atoms with Crippen LogP contribution in [0, 0.1) is 0 Å². The van der Waals surface area contributed by atoms with Crippen molar-refractivity contribution in [3.63, 3.8) is 0 Å². The van der Waals surface area contributed by atoms with Gasteiger partial charge in [0.25, 0.3) is 0 Å². The van der Waals surface area contributed by atoms with Crippen molar-refractivity contribution in [3.05, 3.63) is 95.0 Å². The molecule has 1 aliphatic carbocycles. The molecule has 7 nitrogen and oxygen atoms in total. The van der Waals surface area contributed by atoms with Gasteiger partial charge in [0.1, 0.15) is 0 Å². The van der Waals surface area contributed by atoms with E-state index in [1.807, 2.05) is 42.5 Å². The first-order chi connectivity index (χ1) is 20.2. The smallest absolute Gasteiger partial charge is 0.243 e. The summed E-state index contributed by atoms with van der Waals surface area (Å²) in [7, 11) is -7.72. The van der Waals surface area contributed by atoms with Gasteiger partial charge < -0.3 is 5.32 Å². The van der Waals surface area contributed by atoms with Gasteiger partial charge in [-0.25, -0.2) is 16.8 Å². The quantitative estimate of drug-likeness (QED) is 0.184. The molecule has 10 heteroatoms. The summed E-state index contributed by atoms with van der Waals surface area (Å²) >= 11 is 6.05. The van der Waals surface area contributed by atoms with Crippen LogP contribution in [0.4, 0.5) is 0 Å². The molecule has 0 atom stereocenters. The molecule has 0 heterocycles. The molecule has 1 fully saturated rings. The Morgan fingerprint density at radius 1 is 0.738 bits per heavy atom. The van der Waals surface area contributed by atoms with Crippen molar-refractivity contribution in [1.82, 2.24) is 13.9 Å². The summed E-state index contributed by atoms with van der Waals surface area (Å²) in [6.07, 6.45) is 6.23. The summed E-state index contributed by atoms with van der Waals surface area (Å²) in [6.45, 7) is 4.77. The number of halogens is 1. The first kappa shape index (κ1) is 32.6. The van der Waals surface area contributed by atoms with Gasteiger partial charge in [-0.05, 0) is 92.7 Å². The molecular weight excluding hydrogens is 590 g/mol. The second-order valence-electron chi connectivity index (χ2n) is 10.9. The van der Waals surface area contributed by atoms with Crippen LogP contribution in [0.25, 0.3) is 0 Å². The summed E-state index contributed by atoms with van der Waals surface area (Å²) in [4.78, 5) is 0.186. The lowest BCUT2D eigenvalue weighted by Gasteiger charge is -2.28. The van der Waals surface area contributed by atoms with Crippen molar-refractivity contribution >= 4 is 31.6 Å². The van der Waals surface area contributed by atoms with Crippen molar-refractivity contribution < 1.29 is 16.8 Å². The molecule has 0 bridgehead atoms. The lowest BCUT2D eigenvalue weighted by Crippen LogP contribution is -2.38. The second-order valence-corrected chi connectivity index (χ2v) is 15.1. The van der Waals surface area contributed by atoms with Crippen molar-refractivity contribution in [2.45, 2.75) is 80.8 Å². The molecule has 0 aromatic heterocycles. The first-order valence-electron chi connectivity index (χ1n) is 14.8. The molecule has 1 saturated carbocycles. The van der Waals surface area contributed by atoms with Crippen LogP contribution in [0.1, 0.15) is 63.0 Å². The van der Waals surface area contributed by atoms with E-state index in [1.54, 1.807) is 16.4 Å². The van der Waals surface area contributed by atoms with Crippen molar-refractivity contribution in [2.24, 2.45) is 0 Å². The minimum Gasteiger partial charge on any atom is -0.317 e. The fraction of sp³-hybridized carbons (Fsp3) is 0.438. The molecule has 0 radical (unpaired) electrons. The van der Waals surface area contributed by atoms with E-state index in [1.165, 1.54) is 28.6 Å². The third-order valence-corrected chi connectivity index (χ3v) is 11.7. The standard InChI is InChI=1S/C32H42ClN3O4S2/c1-2-22-34-23-8-9-24-35(25-27-10-4-3-5-11-27)41(37,38)31-18-20-32(21-19-31)42(39,40)36(30-12-6-7-13-30)26-28-14-16-29(33)17-15-28/h3-5,10-11,14-21,30,34H,2,6-9,12-13,22-26H2,1H3. The Balaban J connectivity index is 1.55. The molecular formula is C32H42ClN3O4S2. The van der Waals surface area contributed by atoms with Crippen LogP contribution < -0.4 is 5.32 Å². The van der Waals surface area contributed by atoms with Gasteiger partial charge in [0.15, 0.2) is 0 Å². The normalized spacial score (nSPS) is 14.7. The third-order valence-electron chi connectivity index (χ3n) is 7.69. The predicted molar refractivity (Wildman–Crippen MR) is 169 cm³/mol. The lowest BCUT2D eigenvalue weighted by molar-refractivity contribution is 0.316. The SMILES string of the molecule is CCCNCCCCN(Cc1ccccc1)S(=O)(=O)c1ccc(S(=O)(=O)N(Cc2ccc(Cl)cc2)C2CCCC2)cc1. The molecule has 4 rings (SSSR count). The molecule has 1 N–H and O–H groups in total. The molecule has 0 saturated heterocycles. The van der Waals surface area contributed by atoms with E-state index in [4.69, 9.17) is 11.6 Å². The van der Waals surface area contributed by atoms with Gasteiger partial charge in [-0.1, -0.05) is 73.8 Å². The van der Waals surface area contributed by atoms with Crippen molar-refractivity contribution in [3.8, 4) is 0 Å². The minimum atomic E-state index is -3.86. The van der Waals surface area contributed by atoms with Crippen LogP contribution in [0.5, 0.6) is 0 Å². The van der Waals surface area contributed by atoms with Crippen molar-refractivity contribution in [1.29, 1.82) is 0 Å². The number of nitrogens with zero attached hydrogens (tertiary/aromatic N) is 2. The Labute approximate surface area is 257 Å². The summed E-state index contributed by atoms with van der Waals surface area (Å²) in [5.41, 5.74) is 1.76. The Hall–Kier alpha value is -2.27. The number of nitrogens with one attached hydrogen (secondary N) is 1. The van der Waals surface area contributed by atoms with Crippen LogP contribution in [0.3, 0.4) is 0 Å². The van der Waals surface area contributed by atoms with E-state index in [-0.39, 0.29) is 28.9 Å². The minimum absolute atomic E-state index is 0.0895. The van der Waals surface area contributed by atoms with Crippen LogP contribution >= 0.6 is 11.6 Å². The molecule has 228 valence electrons. The van der Waals surface area contributed by atoms with E-state index in [2.05, 4.69) is 12.2 Å². The van der Waals surface area contributed by atoms with E-state index < -0.39 is 20.0 Å². The van der Waals surface area contributed by atoms with Crippen LogP contribution in [-0.4, -0.2) is 51.1 Å². The van der Waals surface area contributed by atoms with E-state index in [0.29, 0.717) is 11.6 Å². The monoisotopic (exact) mass is 631 g/mol. The number of hydrogen-bond acceptors (Lipinski definition) is 5. The van der Waals surface area contributed by atoms with Crippen molar-refractivity contribution in [2.75, 3.05) is 19.6 Å². The van der Waals surface area contributed by atoms with Gasteiger partial charge >= 0.3 is 0 Å². The highest BCUT2D eigenvalue weighted by Gasteiger charge is 2.34. The Bertz CT molecular complexity index is 1460. The van der Waals surface area contributed by atoms with Crippen LogP contribution in [-0.2, 0) is 33.1 Å². The van der Waals surface area contributed by atoms with Gasteiger partial charge in [0.05, 0.1) is 9.79 Å².